The summed E-state index contributed by atoms with van der Waals surface area (Å²) < 4.78 is 31.6. The number of nitrogens with zero attached hydrogens (tertiary/aromatic N) is 3. The van der Waals surface area contributed by atoms with Crippen molar-refractivity contribution in [2.45, 2.75) is 3.69 Å². The molecule has 0 radical (unpaired) electrons. The van der Waals surface area contributed by atoms with Crippen molar-refractivity contribution in [3.63, 3.8) is 0 Å². The summed E-state index contributed by atoms with van der Waals surface area (Å²) in [5, 5.41) is 0. The third-order valence-corrected chi connectivity index (χ3v) is 2.75. The van der Waals surface area contributed by atoms with Crippen molar-refractivity contribution in [1.82, 2.24) is 0 Å². The first-order valence-electron chi connectivity index (χ1n) is 1.64. The predicted octanol–water partition coefficient (Wildman–Crippen LogP) is 1.81. The fourth-order valence-corrected chi connectivity index (χ4v) is 0.981. The van der Waals surface area contributed by atoms with Crippen LogP contribution in [0, 0.1) is 0 Å². The van der Waals surface area contributed by atoms with Gasteiger partial charge < -0.3 is 0 Å². The van der Waals surface area contributed by atoms with Gasteiger partial charge in [0.15, 0.2) is 0 Å². The predicted molar refractivity (Wildman–Crippen MR) is 15.2 cm³/mol. The fraction of sp³-hybridized carbons (Fsp3) is 1.00. The first-order valence-corrected chi connectivity index (χ1v) is 6.84. The van der Waals surface area contributed by atoms with Gasteiger partial charge in [-0.2, -0.15) is 0 Å². The van der Waals surface area contributed by atoms with E-state index in [1.807, 2.05) is 4.91 Å². The SMILES string of the molecule is [N-]=[N+]=[N][Hg][C](F)(F)F. The van der Waals surface area contributed by atoms with E-state index in [2.05, 4.69) is 2.88 Å². The Hall–Kier alpha value is 0.0351. The Bertz CT molecular complexity index is 112. The van der Waals surface area contributed by atoms with Crippen LogP contribution < -0.4 is 0 Å². The first-order chi connectivity index (χ1) is 3.56. The van der Waals surface area contributed by atoms with E-state index in [9.17, 15) is 13.2 Å². The molecule has 0 atom stereocenters. The third kappa shape index (κ3) is 6.04. The molecule has 0 unspecified atom stereocenters. The van der Waals surface area contributed by atoms with Gasteiger partial charge >= 0.3 is 55.1 Å². The minimum absolute atomic E-state index is 2.02. The van der Waals surface area contributed by atoms with Crippen LogP contribution >= 0.6 is 0 Å². The summed E-state index contributed by atoms with van der Waals surface area (Å²) in [7, 11) is 0. The molecule has 8 heavy (non-hydrogen) atoms. The summed E-state index contributed by atoms with van der Waals surface area (Å²) in [5.41, 5.74) is 7.44. The molecule has 7 heteroatoms. The summed E-state index contributed by atoms with van der Waals surface area (Å²) in [4.78, 5) is 2.02. The van der Waals surface area contributed by atoms with Gasteiger partial charge in [0.2, 0.25) is 0 Å². The van der Waals surface area contributed by atoms with Gasteiger partial charge in [-0.3, -0.25) is 0 Å². The van der Waals surface area contributed by atoms with Crippen LogP contribution in [0.3, 0.4) is 0 Å². The number of hydrogen-bond acceptors (Lipinski definition) is 1. The molecule has 0 rings (SSSR count). The van der Waals surface area contributed by atoms with Crippen molar-refractivity contribution in [2.24, 2.45) is 2.88 Å². The summed E-state index contributed by atoms with van der Waals surface area (Å²) in [6.07, 6.45) is 0. The van der Waals surface area contributed by atoms with E-state index in [4.69, 9.17) is 5.53 Å². The van der Waals surface area contributed by atoms with E-state index in [-0.39, 0.29) is 0 Å². The van der Waals surface area contributed by atoms with E-state index in [0.29, 0.717) is 0 Å². The van der Waals surface area contributed by atoms with Crippen LogP contribution in [0.25, 0.3) is 10.4 Å². The Morgan fingerprint density at radius 1 is 1.50 bits per heavy atom. The number of rotatable bonds is 1. The Morgan fingerprint density at radius 2 is 2.00 bits per heavy atom. The molecule has 0 fully saturated rings. The molecule has 3 nitrogen and oxygen atoms in total. The Kier molecular flexibility index (Phi) is 3.15. The van der Waals surface area contributed by atoms with Gasteiger partial charge in [-0.1, -0.05) is 0 Å². The second-order valence-corrected chi connectivity index (χ2v) is 6.45. The van der Waals surface area contributed by atoms with Crippen molar-refractivity contribution < 1.29 is 38.0 Å². The molecule has 0 N–H and O–H groups in total. The third-order valence-electron chi connectivity index (χ3n) is 0.313. The second kappa shape index (κ2) is 3.14. The molecule has 0 spiro atoms. The quantitative estimate of drug-likeness (QED) is 0.307. The number of azide groups is 1. The van der Waals surface area contributed by atoms with Gasteiger partial charge in [0, 0.05) is 0 Å². The molecule has 0 aliphatic carbocycles. The van der Waals surface area contributed by atoms with Crippen LogP contribution in [0.4, 0.5) is 13.2 Å². The molecule has 0 aromatic heterocycles. The maximum atomic E-state index is 11.1. The molecule has 0 heterocycles. The standard InChI is InChI=1S/CF3.Hg.N3/c2-1(3)4;;1-3-2/q;+1;-1. The summed E-state index contributed by atoms with van der Waals surface area (Å²) >= 11 is -3.21. The molecule has 0 bridgehead atoms. The zero-order chi connectivity index (χ0) is 6.62. The Balaban J connectivity index is 3.55. The van der Waals surface area contributed by atoms with Crippen LogP contribution in [0.5, 0.6) is 0 Å². The van der Waals surface area contributed by atoms with Gasteiger partial charge in [-0.05, 0) is 0 Å². The normalized spacial score (nSPS) is 9.38. The van der Waals surface area contributed by atoms with Crippen LogP contribution in [0.15, 0.2) is 2.88 Å². The van der Waals surface area contributed by atoms with Gasteiger partial charge in [0.1, 0.15) is 0 Å². The number of hydrogen-bond donors (Lipinski definition) is 0. The van der Waals surface area contributed by atoms with Crippen molar-refractivity contribution in [3.05, 3.63) is 10.4 Å². The second-order valence-electron chi connectivity index (χ2n) is 1.00. The zero-order valence-electron chi connectivity index (χ0n) is 3.68. The van der Waals surface area contributed by atoms with Crippen LogP contribution in [-0.2, 0) is 24.9 Å². The minimum atomic E-state index is -4.15. The van der Waals surface area contributed by atoms with Crippen molar-refractivity contribution >= 4 is 0 Å². The summed E-state index contributed by atoms with van der Waals surface area (Å²) in [6, 6.07) is 0. The molecule has 0 saturated carbocycles. The summed E-state index contributed by atoms with van der Waals surface area (Å²) in [6.45, 7) is 0. The monoisotopic (exact) mass is 313 g/mol. The van der Waals surface area contributed by atoms with Gasteiger partial charge in [-0.25, -0.2) is 0 Å². The van der Waals surface area contributed by atoms with Crippen LogP contribution in [0.1, 0.15) is 0 Å². The molecule has 0 aliphatic rings. The van der Waals surface area contributed by atoms with Gasteiger partial charge in [-0.15, -0.1) is 0 Å². The van der Waals surface area contributed by atoms with E-state index >= 15 is 0 Å². The number of halogens is 3. The van der Waals surface area contributed by atoms with E-state index in [0.717, 1.165) is 0 Å². The average molecular weight is 312 g/mol. The molecule has 0 aliphatic heterocycles. The molecule has 0 saturated heterocycles. The van der Waals surface area contributed by atoms with Gasteiger partial charge in [0.05, 0.1) is 0 Å². The number of alkyl halides is 3. The van der Waals surface area contributed by atoms with E-state index in [1.54, 1.807) is 0 Å². The average Bonchev–Trinajstić information content (AvgIpc) is 1.59. The molecule has 42 valence electrons. The van der Waals surface area contributed by atoms with Crippen molar-refractivity contribution in [3.8, 4) is 0 Å². The molecule has 0 aromatic rings. The van der Waals surface area contributed by atoms with Crippen molar-refractivity contribution in [1.29, 1.82) is 0 Å². The Labute approximate surface area is 55.4 Å². The molecule has 0 amide bonds. The zero-order valence-corrected chi connectivity index (χ0v) is 9.18. The van der Waals surface area contributed by atoms with E-state index < -0.39 is 28.6 Å². The van der Waals surface area contributed by atoms with E-state index in [1.165, 1.54) is 0 Å². The van der Waals surface area contributed by atoms with Crippen LogP contribution in [0.2, 0.25) is 0 Å². The first kappa shape index (κ1) is 8.04. The van der Waals surface area contributed by atoms with Crippen molar-refractivity contribution in [2.75, 3.05) is 0 Å². The summed E-state index contributed by atoms with van der Waals surface area (Å²) in [5.74, 6) is 0. The van der Waals surface area contributed by atoms with Crippen LogP contribution in [-0.4, -0.2) is 3.69 Å². The molecule has 0 aromatic carbocycles. The fourth-order valence-electron chi connectivity index (χ4n) is 0.112. The maximum absolute atomic E-state index is 11.1. The Morgan fingerprint density at radius 3 is 2.12 bits per heavy atom. The molecular formula is CF3HgN3. The molecular weight excluding hydrogens is 312 g/mol. The van der Waals surface area contributed by atoms with Gasteiger partial charge in [0.25, 0.3) is 0 Å². The topological polar surface area (TPSA) is 48.8 Å².